The molecule has 2 heterocycles. The highest BCUT2D eigenvalue weighted by atomic mass is 16.4. The maximum atomic E-state index is 14.8. The topological polar surface area (TPSA) is 523 Å². The third-order valence-corrected chi connectivity index (χ3v) is 18.0. The van der Waals surface area contributed by atoms with Crippen LogP contribution in [0, 0.1) is 11.8 Å². The maximum Gasteiger partial charge on any atom is 0.326 e. The van der Waals surface area contributed by atoms with Gasteiger partial charge in [-0.1, -0.05) is 94.8 Å². The molecule has 11 amide bonds. The Morgan fingerprint density at radius 1 is 0.450 bits per heavy atom. The van der Waals surface area contributed by atoms with Crippen molar-refractivity contribution < 1.29 is 107 Å². The zero-order chi connectivity index (χ0) is 73.8. The summed E-state index contributed by atoms with van der Waals surface area (Å²) in [5.41, 5.74) is 6.17. The number of nitrogens with two attached hydrogens (primary N) is 1. The number of likely N-dealkylation sites (tertiary alicyclic amines) is 2. The number of carboxylic acids is 5. The van der Waals surface area contributed by atoms with Crippen molar-refractivity contribution in [3.05, 3.63) is 65.7 Å². The zero-order valence-electron chi connectivity index (χ0n) is 56.0. The van der Waals surface area contributed by atoms with Gasteiger partial charge in [0.15, 0.2) is 0 Å². The van der Waals surface area contributed by atoms with E-state index in [0.717, 1.165) is 24.2 Å². The molecular formula is C67H93N11O22. The average molecular weight is 1400 g/mol. The van der Waals surface area contributed by atoms with Gasteiger partial charge in [-0.3, -0.25) is 71.9 Å². The number of hydrogen-bond donors (Lipinski definition) is 15. The number of carbonyl (C=O) groups is 16. The summed E-state index contributed by atoms with van der Waals surface area (Å²) in [5.74, 6) is -18.1. The number of carbonyl (C=O) groups excluding carboxylic acids is 11. The summed E-state index contributed by atoms with van der Waals surface area (Å²) in [6, 6.07) is -1.37. The van der Waals surface area contributed by atoms with Crippen molar-refractivity contribution in [1.82, 2.24) is 52.3 Å². The van der Waals surface area contributed by atoms with Crippen molar-refractivity contribution in [2.45, 2.75) is 222 Å². The lowest BCUT2D eigenvalue weighted by Crippen LogP contribution is -2.61. The van der Waals surface area contributed by atoms with Gasteiger partial charge in [-0.15, -0.1) is 0 Å². The Morgan fingerprint density at radius 2 is 0.880 bits per heavy atom. The number of nitrogens with one attached hydrogen (secondary N) is 8. The van der Waals surface area contributed by atoms with Crippen molar-refractivity contribution in [2.24, 2.45) is 17.6 Å². The molecule has 3 fully saturated rings. The van der Waals surface area contributed by atoms with Crippen LogP contribution in [-0.2, 0) is 89.6 Å². The van der Waals surface area contributed by atoms with E-state index in [2.05, 4.69) is 42.5 Å². The molecule has 33 heteroatoms. The molecule has 16 N–H and O–H groups in total. The van der Waals surface area contributed by atoms with E-state index in [1.165, 1.54) is 29.2 Å². The fourth-order valence-corrected chi connectivity index (χ4v) is 12.3. The normalized spacial score (nSPS) is 17.9. The Kier molecular flexibility index (Phi) is 32.2. The highest BCUT2D eigenvalue weighted by Crippen LogP contribution is 2.29. The zero-order valence-corrected chi connectivity index (χ0v) is 56.0. The molecular weight excluding hydrogens is 1310 g/mol. The van der Waals surface area contributed by atoms with Crippen molar-refractivity contribution in [1.29, 1.82) is 0 Å². The van der Waals surface area contributed by atoms with Gasteiger partial charge >= 0.3 is 29.8 Å². The molecule has 33 nitrogen and oxygen atoms in total. The van der Waals surface area contributed by atoms with Gasteiger partial charge in [0.25, 0.3) is 0 Å². The Bertz CT molecular complexity index is 3260. The molecule has 5 rings (SSSR count). The van der Waals surface area contributed by atoms with E-state index in [1.807, 2.05) is 0 Å². The Hall–Kier alpha value is -10.2. The Labute approximate surface area is 576 Å². The molecule has 0 bridgehead atoms. The number of primary amides is 1. The van der Waals surface area contributed by atoms with E-state index in [1.54, 1.807) is 44.2 Å². The van der Waals surface area contributed by atoms with E-state index in [-0.39, 0.29) is 82.5 Å². The van der Waals surface area contributed by atoms with Crippen LogP contribution in [-0.4, -0.2) is 209 Å². The number of rotatable bonds is 41. The fourth-order valence-electron chi connectivity index (χ4n) is 12.3. The van der Waals surface area contributed by atoms with Gasteiger partial charge in [0.1, 0.15) is 66.2 Å². The summed E-state index contributed by atoms with van der Waals surface area (Å²) in [6.07, 6.45) is -1.45. The van der Waals surface area contributed by atoms with Gasteiger partial charge in [-0.25, -0.2) is 4.79 Å². The number of phenols is 1. The molecule has 0 spiro atoms. The first-order chi connectivity index (χ1) is 47.4. The molecule has 2 aliphatic heterocycles. The third kappa shape index (κ3) is 26.2. The second-order valence-corrected chi connectivity index (χ2v) is 25.6. The van der Waals surface area contributed by atoms with E-state index in [9.17, 15) is 102 Å². The van der Waals surface area contributed by atoms with Crippen molar-refractivity contribution in [2.75, 3.05) is 13.1 Å². The van der Waals surface area contributed by atoms with Gasteiger partial charge in [-0.2, -0.15) is 0 Å². The van der Waals surface area contributed by atoms with Crippen molar-refractivity contribution in [3.8, 4) is 5.75 Å². The summed E-state index contributed by atoms with van der Waals surface area (Å²) < 4.78 is 0. The van der Waals surface area contributed by atoms with E-state index in [4.69, 9.17) is 10.8 Å². The minimum Gasteiger partial charge on any atom is -0.508 e. The number of amides is 11. The first kappa shape index (κ1) is 80.4. The first-order valence-electron chi connectivity index (χ1n) is 33.7. The predicted molar refractivity (Wildman–Crippen MR) is 351 cm³/mol. The summed E-state index contributed by atoms with van der Waals surface area (Å²) >= 11 is 0. The SMILES string of the molecule is CCC(C)[C@H](NC(=O)[C@@H]1CCCN1C(=O)[C@H](CCC(=O)O)NC(=O)[C@H](Cc1ccccc1)NC(=O)CCC(=O)O)C(=O)N1CCC[C@H]1C(=O)N[C@@H](CCC(=O)O)C(=O)N[C@@H](CCC(=O)O)C(=O)N[C@@H](Cc1ccc(O)cc1)C(=O)N[C@@H](CC1CCCCC1)C(=O)N[C@@H](CCC(N)=O)C(=O)O. The molecule has 0 radical (unpaired) electrons. The number of phenolic OH excluding ortho intramolecular Hbond substituents is 1. The summed E-state index contributed by atoms with van der Waals surface area (Å²) in [4.78, 5) is 216. The molecule has 2 saturated heterocycles. The fraction of sp³-hybridized carbons (Fsp3) is 0.582. The van der Waals surface area contributed by atoms with Crippen LogP contribution >= 0.6 is 0 Å². The molecule has 2 aromatic carbocycles. The lowest BCUT2D eigenvalue weighted by atomic mass is 9.84. The largest absolute Gasteiger partial charge is 0.508 e. The first-order valence-corrected chi connectivity index (χ1v) is 33.7. The lowest BCUT2D eigenvalue weighted by Gasteiger charge is -2.34. The minimum atomic E-state index is -1.83. The Morgan fingerprint density at radius 3 is 1.40 bits per heavy atom. The molecule has 548 valence electrons. The van der Waals surface area contributed by atoms with Gasteiger partial charge in [0.2, 0.25) is 65.0 Å². The average Bonchev–Trinajstić information content (AvgIpc) is 1.60. The minimum absolute atomic E-state index is 0.00861. The lowest BCUT2D eigenvalue weighted by molar-refractivity contribution is -0.146. The predicted octanol–water partition coefficient (Wildman–Crippen LogP) is -0.136. The van der Waals surface area contributed by atoms with Crippen molar-refractivity contribution in [3.63, 3.8) is 0 Å². The standard InChI is InChI=1S/C67H93N11O22/c1-3-37(2)57(76-64(96)50-17-10-32-77(50)65(97)44(25-30-55(86)87)72-60(92)46(34-38-12-6-4-7-13-38)69-52(81)27-31-56(88)89)66(98)78-33-11-16-49(78)63(95)71-43(24-29-54(84)85)58(90)70-42(23-28-53(82)83)59(91)74-48(36-40-18-20-41(79)21-19-40)62(94)75-47(35-39-14-8-5-9-15-39)61(93)73-45(67(99)100)22-26-51(68)80/h4,6-7,12-13,18-21,37,39,42-50,57,79H,3,5,8-11,14-17,22-36H2,1-2H3,(H2,68,80)(H,69,81)(H,70,90)(H,71,95)(H,72,92)(H,73,93)(H,74,91)(H,75,94)(H,76,96)(H,82,83)(H,84,85)(H,86,87)(H,88,89)(H,99,100)/t37?,42-,43-,44-,45-,46-,47-,48-,49-,50-,57-/m0/s1. The van der Waals surface area contributed by atoms with Crippen LogP contribution in [0.1, 0.15) is 160 Å². The van der Waals surface area contributed by atoms with Crippen molar-refractivity contribution >= 4 is 94.8 Å². The molecule has 1 saturated carbocycles. The maximum absolute atomic E-state index is 14.8. The second kappa shape index (κ2) is 40.0. The molecule has 3 aliphatic rings. The van der Waals surface area contributed by atoms with Crippen LogP contribution in [0.5, 0.6) is 5.75 Å². The van der Waals surface area contributed by atoms with Crippen LogP contribution in [0.25, 0.3) is 0 Å². The smallest absolute Gasteiger partial charge is 0.326 e. The van der Waals surface area contributed by atoms with Crippen LogP contribution in [0.2, 0.25) is 0 Å². The van der Waals surface area contributed by atoms with Gasteiger partial charge in [0, 0.05) is 58.0 Å². The van der Waals surface area contributed by atoms with Gasteiger partial charge < -0.3 is 88.7 Å². The van der Waals surface area contributed by atoms with Gasteiger partial charge in [0.05, 0.1) is 6.42 Å². The van der Waals surface area contributed by atoms with E-state index >= 15 is 0 Å². The third-order valence-electron chi connectivity index (χ3n) is 18.0. The quantitative estimate of drug-likeness (QED) is 0.0412. The highest BCUT2D eigenvalue weighted by molar-refractivity contribution is 6.00. The van der Waals surface area contributed by atoms with Crippen LogP contribution in [0.3, 0.4) is 0 Å². The van der Waals surface area contributed by atoms with Crippen LogP contribution in [0.15, 0.2) is 54.6 Å². The summed E-state index contributed by atoms with van der Waals surface area (Å²) in [6.45, 7) is 3.26. The number of benzene rings is 2. The summed E-state index contributed by atoms with van der Waals surface area (Å²) in [7, 11) is 0. The number of aromatic hydroxyl groups is 1. The number of hydrogen-bond acceptors (Lipinski definition) is 17. The molecule has 100 heavy (non-hydrogen) atoms. The highest BCUT2D eigenvalue weighted by Gasteiger charge is 2.44. The van der Waals surface area contributed by atoms with E-state index < -0.39 is 219 Å². The number of nitrogens with zero attached hydrogens (tertiary/aromatic N) is 2. The van der Waals surface area contributed by atoms with Crippen LogP contribution < -0.4 is 48.3 Å². The monoisotopic (exact) mass is 1400 g/mol. The molecule has 1 aliphatic carbocycles. The molecule has 1 unspecified atom stereocenters. The molecule has 11 atom stereocenters. The molecule has 0 aromatic heterocycles. The van der Waals surface area contributed by atoms with Gasteiger partial charge in [-0.05, 0) is 92.9 Å². The summed E-state index contributed by atoms with van der Waals surface area (Å²) in [5, 5.41) is 78.6. The number of aliphatic carboxylic acids is 5. The second-order valence-electron chi connectivity index (χ2n) is 25.6. The molecule has 2 aromatic rings. The van der Waals surface area contributed by atoms with Crippen LogP contribution in [0.4, 0.5) is 0 Å². The van der Waals surface area contributed by atoms with E-state index in [0.29, 0.717) is 24.0 Å². The number of carboxylic acid groups (broad SMARTS) is 5. The Balaban J connectivity index is 1.36.